The molecule has 4 rings (SSSR count). The second-order valence-electron chi connectivity index (χ2n) is 7.81. The Morgan fingerprint density at radius 1 is 1.13 bits per heavy atom. The Balaban J connectivity index is 1.60. The van der Waals surface area contributed by atoms with E-state index < -0.39 is 29.9 Å². The summed E-state index contributed by atoms with van der Waals surface area (Å²) < 4.78 is 44.6. The number of amides is 1. The van der Waals surface area contributed by atoms with E-state index in [9.17, 15) is 28.2 Å². The van der Waals surface area contributed by atoms with Gasteiger partial charge in [-0.2, -0.15) is 13.2 Å². The van der Waals surface area contributed by atoms with Crippen LogP contribution in [0.2, 0.25) is 0 Å². The zero-order chi connectivity index (χ0) is 22.2. The van der Waals surface area contributed by atoms with Gasteiger partial charge in [-0.15, -0.1) is 0 Å². The van der Waals surface area contributed by atoms with Crippen molar-refractivity contribution in [3.8, 4) is 5.75 Å². The number of anilines is 1. The predicted octanol–water partition coefficient (Wildman–Crippen LogP) is 3.72. The quantitative estimate of drug-likeness (QED) is 0.631. The molecule has 2 aromatic carbocycles. The minimum atomic E-state index is -4.48. The number of ether oxygens (including phenoxy) is 1. The standard InChI is InChI=1S/C23H22F3NO4/c24-23(25,26)15-6-7-16-14(4-2-8-31-21(16)11-15)10-22(30)27-18-5-1-3-13-9-19(28)20(29)12-17(13)18/h1,3,5-7,10-11,19-20,28-29H,2,4,8-9,12H2,(H,27,30)/b14-10+/t19-,20-/m1/s1. The Hall–Kier alpha value is -2.84. The first-order valence-corrected chi connectivity index (χ1v) is 10.1. The highest BCUT2D eigenvalue weighted by Gasteiger charge is 2.32. The molecule has 2 atom stereocenters. The van der Waals surface area contributed by atoms with Crippen molar-refractivity contribution in [1.82, 2.24) is 0 Å². The Morgan fingerprint density at radius 2 is 1.90 bits per heavy atom. The first-order valence-electron chi connectivity index (χ1n) is 10.1. The maximum atomic E-state index is 13.0. The van der Waals surface area contributed by atoms with Crippen molar-refractivity contribution >= 4 is 17.2 Å². The molecular weight excluding hydrogens is 411 g/mol. The number of aliphatic hydroxyl groups is 2. The van der Waals surface area contributed by atoms with Crippen LogP contribution in [-0.4, -0.2) is 34.9 Å². The van der Waals surface area contributed by atoms with E-state index in [1.807, 2.05) is 6.07 Å². The summed E-state index contributed by atoms with van der Waals surface area (Å²) in [6.45, 7) is 0.264. The molecule has 0 radical (unpaired) electrons. The number of alkyl halides is 3. The molecule has 0 unspecified atom stereocenters. The highest BCUT2D eigenvalue weighted by Crippen LogP contribution is 2.38. The molecule has 1 aliphatic heterocycles. The fourth-order valence-electron chi connectivity index (χ4n) is 4.03. The number of halogens is 3. The number of rotatable bonds is 2. The van der Waals surface area contributed by atoms with Crippen LogP contribution in [0, 0.1) is 0 Å². The van der Waals surface area contributed by atoms with E-state index in [2.05, 4.69) is 5.32 Å². The number of hydrogen-bond donors (Lipinski definition) is 3. The fourth-order valence-corrected chi connectivity index (χ4v) is 4.03. The topological polar surface area (TPSA) is 78.8 Å². The van der Waals surface area contributed by atoms with E-state index in [4.69, 9.17) is 4.74 Å². The molecule has 31 heavy (non-hydrogen) atoms. The van der Waals surface area contributed by atoms with Gasteiger partial charge in [-0.05, 0) is 47.7 Å². The van der Waals surface area contributed by atoms with Crippen molar-refractivity contribution in [3.05, 3.63) is 64.7 Å². The largest absolute Gasteiger partial charge is 0.493 e. The minimum Gasteiger partial charge on any atom is -0.493 e. The number of carbonyl (C=O) groups is 1. The van der Waals surface area contributed by atoms with Gasteiger partial charge >= 0.3 is 6.18 Å². The molecule has 0 saturated carbocycles. The number of aliphatic hydroxyl groups excluding tert-OH is 2. The molecule has 2 aliphatic rings. The maximum absolute atomic E-state index is 13.0. The van der Waals surface area contributed by atoms with Crippen LogP contribution in [0.5, 0.6) is 5.75 Å². The van der Waals surface area contributed by atoms with Crippen molar-refractivity contribution in [2.45, 2.75) is 44.1 Å². The van der Waals surface area contributed by atoms with Gasteiger partial charge < -0.3 is 20.3 Å². The van der Waals surface area contributed by atoms with Gasteiger partial charge in [0.05, 0.1) is 24.4 Å². The van der Waals surface area contributed by atoms with Gasteiger partial charge in [0.15, 0.2) is 0 Å². The third kappa shape index (κ3) is 4.60. The second kappa shape index (κ2) is 8.36. The normalized spacial score (nSPS) is 22.2. The predicted molar refractivity (Wildman–Crippen MR) is 109 cm³/mol. The fraction of sp³-hybridized carbons (Fsp3) is 0.348. The van der Waals surface area contributed by atoms with Crippen LogP contribution in [0.4, 0.5) is 18.9 Å². The molecule has 0 spiro atoms. The summed E-state index contributed by atoms with van der Waals surface area (Å²) in [7, 11) is 0. The van der Waals surface area contributed by atoms with Crippen LogP contribution in [0.1, 0.15) is 35.1 Å². The lowest BCUT2D eigenvalue weighted by Crippen LogP contribution is -2.35. The molecule has 0 bridgehead atoms. The van der Waals surface area contributed by atoms with Gasteiger partial charge in [-0.3, -0.25) is 4.79 Å². The Bertz CT molecular complexity index is 1030. The molecule has 0 aromatic heterocycles. The van der Waals surface area contributed by atoms with Crippen molar-refractivity contribution in [3.63, 3.8) is 0 Å². The first kappa shape index (κ1) is 21.4. The summed E-state index contributed by atoms with van der Waals surface area (Å²) in [6, 6.07) is 8.62. The van der Waals surface area contributed by atoms with E-state index in [0.717, 1.165) is 23.3 Å². The van der Waals surface area contributed by atoms with E-state index in [-0.39, 0.29) is 18.8 Å². The second-order valence-corrected chi connectivity index (χ2v) is 7.81. The molecular formula is C23H22F3NO4. The van der Waals surface area contributed by atoms with Crippen molar-refractivity contribution < 1.29 is 32.9 Å². The third-order valence-electron chi connectivity index (χ3n) is 5.63. The van der Waals surface area contributed by atoms with Crippen LogP contribution < -0.4 is 10.1 Å². The monoisotopic (exact) mass is 433 g/mol. The lowest BCUT2D eigenvalue weighted by atomic mass is 9.86. The number of benzene rings is 2. The molecule has 8 heteroatoms. The van der Waals surface area contributed by atoms with Crippen LogP contribution in [0.25, 0.3) is 5.57 Å². The lowest BCUT2D eigenvalue weighted by Gasteiger charge is -2.27. The minimum absolute atomic E-state index is 0.112. The summed E-state index contributed by atoms with van der Waals surface area (Å²) >= 11 is 0. The average molecular weight is 433 g/mol. The van der Waals surface area contributed by atoms with Gasteiger partial charge in [0.25, 0.3) is 0 Å². The van der Waals surface area contributed by atoms with Crippen LogP contribution >= 0.6 is 0 Å². The SMILES string of the molecule is O=C(/C=C1\CCCOc2cc(C(F)(F)F)ccc21)Nc1cccc2c1C[C@@H](O)[C@H](O)C2. The number of fused-ring (bicyclic) bond motifs is 2. The van der Waals surface area contributed by atoms with Gasteiger partial charge in [0, 0.05) is 30.2 Å². The number of allylic oxidation sites excluding steroid dienone is 1. The van der Waals surface area contributed by atoms with E-state index >= 15 is 0 Å². The molecule has 1 aliphatic carbocycles. The summed E-state index contributed by atoms with van der Waals surface area (Å²) in [4.78, 5) is 12.7. The van der Waals surface area contributed by atoms with E-state index in [0.29, 0.717) is 36.1 Å². The first-order chi connectivity index (χ1) is 14.7. The molecule has 2 aromatic rings. The van der Waals surface area contributed by atoms with E-state index in [1.165, 1.54) is 12.1 Å². The average Bonchev–Trinajstić information content (AvgIpc) is 2.90. The Kier molecular flexibility index (Phi) is 5.77. The summed E-state index contributed by atoms with van der Waals surface area (Å²) in [5, 5.41) is 22.7. The molecule has 3 N–H and O–H groups in total. The molecule has 1 amide bonds. The van der Waals surface area contributed by atoms with Gasteiger partial charge in [-0.25, -0.2) is 0 Å². The van der Waals surface area contributed by atoms with Gasteiger partial charge in [0.1, 0.15) is 5.75 Å². The zero-order valence-corrected chi connectivity index (χ0v) is 16.6. The maximum Gasteiger partial charge on any atom is 0.416 e. The number of carbonyl (C=O) groups excluding carboxylic acids is 1. The zero-order valence-electron chi connectivity index (χ0n) is 16.6. The number of nitrogens with one attached hydrogen (secondary N) is 1. The summed E-state index contributed by atoms with van der Waals surface area (Å²) in [5.74, 6) is -0.308. The molecule has 0 fully saturated rings. The van der Waals surface area contributed by atoms with Crippen LogP contribution in [-0.2, 0) is 23.8 Å². The molecule has 5 nitrogen and oxygen atoms in total. The lowest BCUT2D eigenvalue weighted by molar-refractivity contribution is -0.137. The smallest absolute Gasteiger partial charge is 0.416 e. The molecule has 0 saturated heterocycles. The van der Waals surface area contributed by atoms with Crippen LogP contribution in [0.3, 0.4) is 0 Å². The summed E-state index contributed by atoms with van der Waals surface area (Å²) in [5.41, 5.74) is 2.44. The van der Waals surface area contributed by atoms with E-state index in [1.54, 1.807) is 12.1 Å². The molecule has 164 valence electrons. The molecule has 1 heterocycles. The van der Waals surface area contributed by atoms with Gasteiger partial charge in [-0.1, -0.05) is 18.2 Å². The van der Waals surface area contributed by atoms with Gasteiger partial charge in [0.2, 0.25) is 5.91 Å². The highest BCUT2D eigenvalue weighted by molar-refractivity contribution is 6.04. The van der Waals surface area contributed by atoms with Crippen LogP contribution in [0.15, 0.2) is 42.5 Å². The van der Waals surface area contributed by atoms with Crippen molar-refractivity contribution in [2.75, 3.05) is 11.9 Å². The highest BCUT2D eigenvalue weighted by atomic mass is 19.4. The van der Waals surface area contributed by atoms with Crippen molar-refractivity contribution in [1.29, 1.82) is 0 Å². The number of hydrogen-bond acceptors (Lipinski definition) is 4. The Morgan fingerprint density at radius 3 is 2.68 bits per heavy atom. The Labute approximate surface area is 177 Å². The summed E-state index contributed by atoms with van der Waals surface area (Å²) in [6.07, 6.45) is -3.26. The third-order valence-corrected chi connectivity index (χ3v) is 5.63. The van der Waals surface area contributed by atoms with Crippen molar-refractivity contribution in [2.24, 2.45) is 0 Å².